The molecule has 0 atom stereocenters. The Labute approximate surface area is 137 Å². The van der Waals surface area contributed by atoms with Crippen LogP contribution in [0.15, 0.2) is 54.9 Å². The molecule has 2 rings (SSSR count). The Kier molecular flexibility index (Phi) is 6.36. The third-order valence-corrected chi connectivity index (χ3v) is 3.63. The monoisotopic (exact) mass is 310 g/mol. The van der Waals surface area contributed by atoms with E-state index in [9.17, 15) is 4.79 Å². The average molecular weight is 310 g/mol. The maximum absolute atomic E-state index is 12.3. The van der Waals surface area contributed by atoms with Crippen molar-refractivity contribution in [2.24, 2.45) is 0 Å². The van der Waals surface area contributed by atoms with Gasteiger partial charge in [-0.15, -0.1) is 0 Å². The number of nitrogens with zero attached hydrogens (tertiary/aromatic N) is 2. The van der Waals surface area contributed by atoms with E-state index in [1.807, 2.05) is 54.3 Å². The molecule has 2 aromatic rings. The van der Waals surface area contributed by atoms with Crippen LogP contribution in [0.2, 0.25) is 0 Å². The van der Waals surface area contributed by atoms with Gasteiger partial charge >= 0.3 is 0 Å². The van der Waals surface area contributed by atoms with Crippen LogP contribution in [0.5, 0.6) is 5.75 Å². The van der Waals surface area contributed by atoms with Crippen molar-refractivity contribution in [2.75, 3.05) is 20.2 Å². The maximum atomic E-state index is 12.3. The Morgan fingerprint density at radius 2 is 2.04 bits per heavy atom. The molecule has 0 radical (unpaired) electrons. The number of carbonyl (C=O) groups excluding carboxylic acids is 1. The highest BCUT2D eigenvalue weighted by atomic mass is 16.5. The van der Waals surface area contributed by atoms with E-state index in [4.69, 9.17) is 4.74 Å². The molecular weight excluding hydrogens is 288 g/mol. The minimum atomic E-state index is 0.0179. The Hall–Kier alpha value is -2.62. The summed E-state index contributed by atoms with van der Waals surface area (Å²) in [6, 6.07) is 11.6. The van der Waals surface area contributed by atoms with Gasteiger partial charge in [0, 0.05) is 31.6 Å². The fourth-order valence-electron chi connectivity index (χ4n) is 2.26. The molecule has 0 unspecified atom stereocenters. The number of amides is 1. The lowest BCUT2D eigenvalue weighted by molar-refractivity contribution is -0.125. The first kappa shape index (κ1) is 16.7. The summed E-state index contributed by atoms with van der Waals surface area (Å²) in [5.74, 6) is 0.800. The second kappa shape index (κ2) is 8.73. The third-order valence-electron chi connectivity index (χ3n) is 3.63. The number of benzene rings is 1. The average Bonchev–Trinajstić information content (AvgIpc) is 2.61. The second-order valence-corrected chi connectivity index (χ2v) is 5.13. The third kappa shape index (κ3) is 5.25. The maximum Gasteiger partial charge on any atom is 0.246 e. The quantitative estimate of drug-likeness (QED) is 0.738. The van der Waals surface area contributed by atoms with Gasteiger partial charge in [0.15, 0.2) is 0 Å². The molecule has 0 aliphatic carbocycles. The predicted octanol–water partition coefficient (Wildman–Crippen LogP) is 3.19. The molecule has 0 fully saturated rings. The zero-order valence-electron chi connectivity index (χ0n) is 13.6. The molecule has 0 saturated carbocycles. The number of hydrogen-bond donors (Lipinski definition) is 0. The summed E-state index contributed by atoms with van der Waals surface area (Å²) in [5, 5.41) is 0. The molecule has 0 aliphatic heterocycles. The van der Waals surface area contributed by atoms with Crippen LogP contribution in [0.25, 0.3) is 6.08 Å². The van der Waals surface area contributed by atoms with Gasteiger partial charge in [-0.2, -0.15) is 0 Å². The van der Waals surface area contributed by atoms with Crippen molar-refractivity contribution in [1.82, 2.24) is 9.88 Å². The van der Waals surface area contributed by atoms with Crippen LogP contribution in [-0.4, -0.2) is 36.0 Å². The van der Waals surface area contributed by atoms with Gasteiger partial charge in [0.2, 0.25) is 5.91 Å². The number of ether oxygens (including phenoxy) is 1. The highest BCUT2D eigenvalue weighted by Gasteiger charge is 2.08. The van der Waals surface area contributed by atoms with E-state index in [-0.39, 0.29) is 5.91 Å². The van der Waals surface area contributed by atoms with Gasteiger partial charge in [0.1, 0.15) is 5.75 Å². The number of aromatic nitrogens is 1. The SMILES string of the molecule is CCN(CCc1ccncc1)C(=O)/C=C/c1cccc(OC)c1. The Morgan fingerprint density at radius 1 is 1.26 bits per heavy atom. The minimum absolute atomic E-state index is 0.0179. The fraction of sp³-hybridized carbons (Fsp3) is 0.263. The van der Waals surface area contributed by atoms with Crippen LogP contribution in [0.4, 0.5) is 0 Å². The Morgan fingerprint density at radius 3 is 2.74 bits per heavy atom. The number of likely N-dealkylation sites (N-methyl/N-ethyl adjacent to an activating group) is 1. The summed E-state index contributed by atoms with van der Waals surface area (Å²) >= 11 is 0. The largest absolute Gasteiger partial charge is 0.497 e. The normalized spacial score (nSPS) is 10.7. The van der Waals surface area contributed by atoms with Gasteiger partial charge in [0.25, 0.3) is 0 Å². The van der Waals surface area contributed by atoms with E-state index in [0.717, 1.165) is 17.7 Å². The van der Waals surface area contributed by atoms with Crippen molar-refractivity contribution in [3.05, 3.63) is 66.0 Å². The summed E-state index contributed by atoms with van der Waals surface area (Å²) in [6.45, 7) is 3.37. The minimum Gasteiger partial charge on any atom is -0.497 e. The predicted molar refractivity (Wildman–Crippen MR) is 92.2 cm³/mol. The highest BCUT2D eigenvalue weighted by molar-refractivity contribution is 5.91. The van der Waals surface area contributed by atoms with Crippen LogP contribution in [0.3, 0.4) is 0 Å². The van der Waals surface area contributed by atoms with Crippen molar-refractivity contribution in [1.29, 1.82) is 0 Å². The van der Waals surface area contributed by atoms with E-state index < -0.39 is 0 Å². The molecule has 1 aromatic carbocycles. The van der Waals surface area contributed by atoms with Crippen LogP contribution >= 0.6 is 0 Å². The van der Waals surface area contributed by atoms with Crippen LogP contribution in [-0.2, 0) is 11.2 Å². The summed E-state index contributed by atoms with van der Waals surface area (Å²) < 4.78 is 5.18. The standard InChI is InChI=1S/C19H22N2O2/c1-3-21(14-11-16-9-12-20-13-10-16)19(22)8-7-17-5-4-6-18(15-17)23-2/h4-10,12-13,15H,3,11,14H2,1-2H3/b8-7+. The molecule has 0 saturated heterocycles. The van der Waals surface area contributed by atoms with Crippen molar-refractivity contribution in [3.63, 3.8) is 0 Å². The number of methoxy groups -OCH3 is 1. The Balaban J connectivity index is 1.95. The molecule has 4 heteroatoms. The molecule has 1 amide bonds. The van der Waals surface area contributed by atoms with Gasteiger partial charge < -0.3 is 9.64 Å². The van der Waals surface area contributed by atoms with E-state index in [1.54, 1.807) is 25.6 Å². The molecule has 4 nitrogen and oxygen atoms in total. The lowest BCUT2D eigenvalue weighted by Crippen LogP contribution is -2.31. The van der Waals surface area contributed by atoms with E-state index in [2.05, 4.69) is 4.98 Å². The first-order valence-corrected chi connectivity index (χ1v) is 7.73. The van der Waals surface area contributed by atoms with E-state index in [0.29, 0.717) is 13.1 Å². The van der Waals surface area contributed by atoms with Gasteiger partial charge in [-0.25, -0.2) is 0 Å². The van der Waals surface area contributed by atoms with Crippen molar-refractivity contribution < 1.29 is 9.53 Å². The molecule has 0 spiro atoms. The number of pyridine rings is 1. The molecule has 1 aromatic heterocycles. The molecule has 120 valence electrons. The van der Waals surface area contributed by atoms with Gasteiger partial charge in [-0.05, 0) is 54.8 Å². The van der Waals surface area contributed by atoms with Crippen LogP contribution < -0.4 is 4.74 Å². The van der Waals surface area contributed by atoms with Gasteiger partial charge in [-0.1, -0.05) is 12.1 Å². The van der Waals surface area contributed by atoms with Crippen molar-refractivity contribution in [3.8, 4) is 5.75 Å². The molecule has 23 heavy (non-hydrogen) atoms. The number of carbonyl (C=O) groups is 1. The van der Waals surface area contributed by atoms with Gasteiger partial charge in [-0.3, -0.25) is 9.78 Å². The van der Waals surface area contributed by atoms with Crippen LogP contribution in [0.1, 0.15) is 18.1 Å². The summed E-state index contributed by atoms with van der Waals surface area (Å²) in [7, 11) is 1.63. The summed E-state index contributed by atoms with van der Waals surface area (Å²) in [5.41, 5.74) is 2.13. The summed E-state index contributed by atoms with van der Waals surface area (Å²) in [6.07, 6.45) is 7.81. The lowest BCUT2D eigenvalue weighted by atomic mass is 10.2. The van der Waals surface area contributed by atoms with Crippen molar-refractivity contribution >= 4 is 12.0 Å². The topological polar surface area (TPSA) is 42.4 Å². The van der Waals surface area contributed by atoms with Crippen molar-refractivity contribution in [2.45, 2.75) is 13.3 Å². The molecule has 0 aliphatic rings. The highest BCUT2D eigenvalue weighted by Crippen LogP contribution is 2.13. The zero-order chi connectivity index (χ0) is 16.5. The van der Waals surface area contributed by atoms with E-state index >= 15 is 0 Å². The number of rotatable bonds is 7. The molecule has 0 N–H and O–H groups in total. The first-order valence-electron chi connectivity index (χ1n) is 7.73. The second-order valence-electron chi connectivity index (χ2n) is 5.13. The fourth-order valence-corrected chi connectivity index (χ4v) is 2.26. The molecule has 0 bridgehead atoms. The number of hydrogen-bond acceptors (Lipinski definition) is 3. The Bertz CT molecular complexity index is 653. The smallest absolute Gasteiger partial charge is 0.246 e. The molecule has 1 heterocycles. The summed E-state index contributed by atoms with van der Waals surface area (Å²) in [4.78, 5) is 18.2. The van der Waals surface area contributed by atoms with E-state index in [1.165, 1.54) is 5.56 Å². The molecular formula is C19H22N2O2. The van der Waals surface area contributed by atoms with Gasteiger partial charge in [0.05, 0.1) is 7.11 Å². The first-order chi connectivity index (χ1) is 11.2. The lowest BCUT2D eigenvalue weighted by Gasteiger charge is -2.19. The van der Waals surface area contributed by atoms with Crippen LogP contribution in [0, 0.1) is 0 Å². The zero-order valence-corrected chi connectivity index (χ0v) is 13.6.